The van der Waals surface area contributed by atoms with Gasteiger partial charge in [-0.15, -0.1) is 0 Å². The normalized spacial score (nSPS) is 11.0. The van der Waals surface area contributed by atoms with Crippen molar-refractivity contribution in [3.8, 4) is 22.3 Å². The molecule has 0 saturated carbocycles. The first-order chi connectivity index (χ1) is 13.0. The summed E-state index contributed by atoms with van der Waals surface area (Å²) in [5.74, 6) is 0. The number of benzene rings is 3. The largest absolute Gasteiger partial charge is 0.378 e. The van der Waals surface area contributed by atoms with Gasteiger partial charge >= 0.3 is 0 Å². The fraction of sp³-hybridized carbons (Fsp3) is 0.182. The van der Waals surface area contributed by atoms with E-state index < -0.39 is 0 Å². The molecule has 1 aromatic heterocycles. The van der Waals surface area contributed by atoms with Gasteiger partial charge in [-0.05, 0) is 35.4 Å². The van der Waals surface area contributed by atoms with Crippen LogP contribution in [-0.2, 0) is 0 Å². The van der Waals surface area contributed by atoms with Gasteiger partial charge in [0, 0.05) is 50.7 Å². The number of hydrogen-bond acceptors (Lipinski definition) is 5. The number of hydrogen-bond donors (Lipinski definition) is 0. The second-order valence-corrected chi connectivity index (χ2v) is 7.54. The number of fused-ring (bicyclic) bond motifs is 1. The van der Waals surface area contributed by atoms with Crippen LogP contribution in [-0.4, -0.2) is 36.9 Å². The van der Waals surface area contributed by atoms with Crippen molar-refractivity contribution in [3.05, 3.63) is 60.7 Å². The Morgan fingerprint density at radius 2 is 1.07 bits per heavy atom. The maximum absolute atomic E-state index is 4.62. The van der Waals surface area contributed by atoms with E-state index in [0.29, 0.717) is 0 Å². The van der Waals surface area contributed by atoms with Crippen molar-refractivity contribution in [3.63, 3.8) is 0 Å². The summed E-state index contributed by atoms with van der Waals surface area (Å²) >= 11 is 1.27. The average Bonchev–Trinajstić information content (AvgIpc) is 3.17. The second kappa shape index (κ2) is 7.00. The highest BCUT2D eigenvalue weighted by Crippen LogP contribution is 2.36. The molecule has 4 nitrogen and oxygen atoms in total. The first-order valence-electron chi connectivity index (χ1n) is 8.85. The lowest BCUT2D eigenvalue weighted by Gasteiger charge is -2.15. The van der Waals surface area contributed by atoms with Crippen LogP contribution in [0.2, 0.25) is 0 Å². The Bertz CT molecular complexity index is 1010. The Morgan fingerprint density at radius 1 is 0.630 bits per heavy atom. The van der Waals surface area contributed by atoms with Gasteiger partial charge in [-0.3, -0.25) is 0 Å². The highest BCUT2D eigenvalue weighted by atomic mass is 32.1. The van der Waals surface area contributed by atoms with Crippen LogP contribution in [0.25, 0.3) is 33.3 Å². The van der Waals surface area contributed by atoms with Crippen molar-refractivity contribution < 1.29 is 0 Å². The zero-order chi connectivity index (χ0) is 19.0. The Labute approximate surface area is 164 Å². The van der Waals surface area contributed by atoms with E-state index in [9.17, 15) is 0 Å². The summed E-state index contributed by atoms with van der Waals surface area (Å²) in [7, 11) is 8.22. The number of anilines is 2. The van der Waals surface area contributed by atoms with Crippen LogP contribution < -0.4 is 9.80 Å². The SMILES string of the molecule is CN(C)c1cccc(-c2ccc(-c3cccc(N(C)C)c3)c3nsnc23)c1. The third-order valence-electron chi connectivity index (χ3n) is 4.76. The summed E-state index contributed by atoms with van der Waals surface area (Å²) in [5, 5.41) is 0. The molecule has 0 spiro atoms. The molecule has 0 atom stereocenters. The molecule has 3 aromatic carbocycles. The Hall–Kier alpha value is -2.92. The topological polar surface area (TPSA) is 32.3 Å². The summed E-state index contributed by atoms with van der Waals surface area (Å²) in [4.78, 5) is 4.22. The zero-order valence-electron chi connectivity index (χ0n) is 16.0. The molecule has 0 fully saturated rings. The van der Waals surface area contributed by atoms with Gasteiger partial charge in [-0.2, -0.15) is 8.75 Å². The first-order valence-corrected chi connectivity index (χ1v) is 9.58. The highest BCUT2D eigenvalue weighted by Gasteiger charge is 2.14. The molecule has 0 aliphatic rings. The quantitative estimate of drug-likeness (QED) is 0.494. The zero-order valence-corrected chi connectivity index (χ0v) is 16.8. The number of aromatic nitrogens is 2. The monoisotopic (exact) mass is 374 g/mol. The minimum Gasteiger partial charge on any atom is -0.378 e. The van der Waals surface area contributed by atoms with Gasteiger partial charge in [0.2, 0.25) is 0 Å². The van der Waals surface area contributed by atoms with Crippen molar-refractivity contribution in [2.24, 2.45) is 0 Å². The minimum atomic E-state index is 0.962. The van der Waals surface area contributed by atoms with Crippen LogP contribution in [0.15, 0.2) is 60.7 Å². The van der Waals surface area contributed by atoms with E-state index in [1.807, 2.05) is 0 Å². The Morgan fingerprint density at radius 3 is 1.48 bits per heavy atom. The molecule has 0 aliphatic heterocycles. The smallest absolute Gasteiger partial charge is 0.113 e. The van der Waals surface area contributed by atoms with Gasteiger partial charge in [0.15, 0.2) is 0 Å². The van der Waals surface area contributed by atoms with Gasteiger partial charge in [-0.1, -0.05) is 36.4 Å². The standard InChI is InChI=1S/C22H22N4S/c1-25(2)17-9-5-7-15(13-17)19-11-12-20(22-21(19)23-27-24-22)16-8-6-10-18(14-16)26(3)4/h5-14H,1-4H3. The molecule has 5 heteroatoms. The third kappa shape index (κ3) is 3.26. The van der Waals surface area contributed by atoms with E-state index in [-0.39, 0.29) is 0 Å². The molecule has 0 unspecified atom stereocenters. The molecule has 136 valence electrons. The predicted octanol–water partition coefficient (Wildman–Crippen LogP) is 5.16. The molecular formula is C22H22N4S. The molecule has 0 saturated heterocycles. The molecule has 27 heavy (non-hydrogen) atoms. The minimum absolute atomic E-state index is 0.962. The molecule has 1 heterocycles. The summed E-state index contributed by atoms with van der Waals surface area (Å²) < 4.78 is 9.24. The summed E-state index contributed by atoms with van der Waals surface area (Å²) in [6, 6.07) is 21.4. The molecule has 0 amide bonds. The Balaban J connectivity index is 1.87. The molecule has 4 rings (SSSR count). The van der Waals surface area contributed by atoms with Crippen LogP contribution in [0, 0.1) is 0 Å². The molecular weight excluding hydrogens is 352 g/mol. The van der Waals surface area contributed by atoms with Crippen molar-refractivity contribution in [2.75, 3.05) is 38.0 Å². The maximum atomic E-state index is 4.62. The first kappa shape index (κ1) is 17.5. The third-order valence-corrected chi connectivity index (χ3v) is 5.29. The van der Waals surface area contributed by atoms with E-state index in [0.717, 1.165) is 33.3 Å². The summed E-state index contributed by atoms with van der Waals surface area (Å²) in [6.45, 7) is 0. The van der Waals surface area contributed by atoms with Crippen LogP contribution in [0.1, 0.15) is 0 Å². The molecule has 0 N–H and O–H groups in total. The lowest BCUT2D eigenvalue weighted by Crippen LogP contribution is -2.08. The average molecular weight is 375 g/mol. The Kier molecular flexibility index (Phi) is 4.54. The summed E-state index contributed by atoms with van der Waals surface area (Å²) in [5.41, 5.74) is 8.83. The lowest BCUT2D eigenvalue weighted by atomic mass is 9.97. The van der Waals surface area contributed by atoms with Gasteiger partial charge in [0.1, 0.15) is 11.0 Å². The fourth-order valence-electron chi connectivity index (χ4n) is 3.24. The van der Waals surface area contributed by atoms with E-state index >= 15 is 0 Å². The van der Waals surface area contributed by atoms with E-state index in [1.165, 1.54) is 23.1 Å². The fourth-order valence-corrected chi connectivity index (χ4v) is 3.81. The van der Waals surface area contributed by atoms with Gasteiger partial charge in [-0.25, -0.2) is 0 Å². The molecule has 0 bridgehead atoms. The number of rotatable bonds is 4. The van der Waals surface area contributed by atoms with Crippen molar-refractivity contribution in [1.82, 2.24) is 8.75 Å². The van der Waals surface area contributed by atoms with Crippen LogP contribution in [0.5, 0.6) is 0 Å². The highest BCUT2D eigenvalue weighted by molar-refractivity contribution is 7.00. The van der Waals surface area contributed by atoms with Gasteiger partial charge < -0.3 is 9.80 Å². The van der Waals surface area contributed by atoms with Crippen molar-refractivity contribution >= 4 is 34.1 Å². The van der Waals surface area contributed by atoms with E-state index in [2.05, 4.69) is 107 Å². The van der Waals surface area contributed by atoms with Gasteiger partial charge in [0.25, 0.3) is 0 Å². The number of nitrogens with zero attached hydrogens (tertiary/aromatic N) is 4. The van der Waals surface area contributed by atoms with E-state index in [1.54, 1.807) is 0 Å². The van der Waals surface area contributed by atoms with Crippen molar-refractivity contribution in [2.45, 2.75) is 0 Å². The predicted molar refractivity (Wildman–Crippen MR) is 117 cm³/mol. The molecule has 0 radical (unpaired) electrons. The lowest BCUT2D eigenvalue weighted by molar-refractivity contribution is 1.13. The van der Waals surface area contributed by atoms with Gasteiger partial charge in [0.05, 0.1) is 11.7 Å². The van der Waals surface area contributed by atoms with Crippen LogP contribution in [0.4, 0.5) is 11.4 Å². The molecule has 4 aromatic rings. The summed E-state index contributed by atoms with van der Waals surface area (Å²) in [6.07, 6.45) is 0. The van der Waals surface area contributed by atoms with Crippen LogP contribution in [0.3, 0.4) is 0 Å². The molecule has 0 aliphatic carbocycles. The van der Waals surface area contributed by atoms with E-state index in [4.69, 9.17) is 0 Å². The van der Waals surface area contributed by atoms with Crippen LogP contribution >= 0.6 is 11.7 Å². The second-order valence-electron chi connectivity index (χ2n) is 7.01. The maximum Gasteiger partial charge on any atom is 0.113 e. The van der Waals surface area contributed by atoms with Crippen molar-refractivity contribution in [1.29, 1.82) is 0 Å².